The maximum absolute atomic E-state index is 14.0. The predicted octanol–water partition coefficient (Wildman–Crippen LogP) is 5.19. The van der Waals surface area contributed by atoms with E-state index in [2.05, 4.69) is 34.8 Å². The van der Waals surface area contributed by atoms with Gasteiger partial charge >= 0.3 is 0 Å². The van der Waals surface area contributed by atoms with Gasteiger partial charge in [0.05, 0.1) is 32.0 Å². The number of nitrogens with one attached hydrogen (secondary N) is 1. The minimum Gasteiger partial charge on any atom is -0.506 e. The summed E-state index contributed by atoms with van der Waals surface area (Å²) in [5, 5.41) is 11.2. The van der Waals surface area contributed by atoms with Crippen LogP contribution >= 0.6 is 0 Å². The van der Waals surface area contributed by atoms with Crippen LogP contribution in [0, 0.1) is 5.41 Å². The van der Waals surface area contributed by atoms with Crippen LogP contribution in [0.1, 0.15) is 51.7 Å². The van der Waals surface area contributed by atoms with Gasteiger partial charge in [0, 0.05) is 17.5 Å². The fourth-order valence-electron chi connectivity index (χ4n) is 4.53. The number of carbonyl (C=O) groups is 1. The van der Waals surface area contributed by atoms with Gasteiger partial charge in [-0.3, -0.25) is 9.52 Å². The van der Waals surface area contributed by atoms with Gasteiger partial charge < -0.3 is 5.11 Å². The van der Waals surface area contributed by atoms with Crippen molar-refractivity contribution in [3.05, 3.63) is 59.2 Å². The van der Waals surface area contributed by atoms with E-state index in [1.807, 2.05) is 19.1 Å². The van der Waals surface area contributed by atoms with Crippen LogP contribution in [0.5, 0.6) is 0 Å². The van der Waals surface area contributed by atoms with E-state index in [1.165, 1.54) is 24.5 Å². The summed E-state index contributed by atoms with van der Waals surface area (Å²) in [6.07, 6.45) is 3.75. The molecule has 0 saturated carbocycles. The van der Waals surface area contributed by atoms with Gasteiger partial charge in [-0.2, -0.15) is 4.36 Å². The first-order chi connectivity index (χ1) is 16.5. The lowest BCUT2D eigenvalue weighted by atomic mass is 9.65. The van der Waals surface area contributed by atoms with E-state index < -0.39 is 25.2 Å². The van der Waals surface area contributed by atoms with Gasteiger partial charge in [0.15, 0.2) is 11.6 Å². The van der Waals surface area contributed by atoms with E-state index >= 15 is 0 Å². The average molecular weight is 530 g/mol. The van der Waals surface area contributed by atoms with E-state index in [-0.39, 0.29) is 38.9 Å². The maximum atomic E-state index is 14.0. The summed E-state index contributed by atoms with van der Waals surface area (Å²) >= 11 is 0. The molecule has 0 amide bonds. The Morgan fingerprint density at radius 1 is 1.14 bits per heavy atom. The number of anilines is 1. The van der Waals surface area contributed by atoms with E-state index in [9.17, 15) is 22.5 Å². The lowest BCUT2D eigenvalue weighted by Gasteiger charge is -2.37. The molecule has 36 heavy (non-hydrogen) atoms. The third-order valence-corrected chi connectivity index (χ3v) is 8.77. The predicted molar refractivity (Wildman–Crippen MR) is 144 cm³/mol. The topological polar surface area (TPSA) is 125 Å². The zero-order valence-electron chi connectivity index (χ0n) is 21.2. The highest BCUT2D eigenvalue weighted by molar-refractivity contribution is 7.93. The Morgan fingerprint density at radius 2 is 1.81 bits per heavy atom. The molecule has 2 unspecified atom stereocenters. The summed E-state index contributed by atoms with van der Waals surface area (Å²) in [4.78, 5) is 18.8. The molecule has 0 saturated heterocycles. The van der Waals surface area contributed by atoms with Crippen LogP contribution in [0.2, 0.25) is 0 Å². The fraction of sp³-hybridized carbons (Fsp3) is 0.385. The van der Waals surface area contributed by atoms with Gasteiger partial charge in [-0.1, -0.05) is 45.0 Å². The van der Waals surface area contributed by atoms with E-state index in [0.717, 1.165) is 18.2 Å². The second-order valence-electron chi connectivity index (χ2n) is 10.9. The van der Waals surface area contributed by atoms with Gasteiger partial charge in [0.2, 0.25) is 10.0 Å². The van der Waals surface area contributed by atoms with Crippen LogP contribution in [0.15, 0.2) is 62.3 Å². The highest BCUT2D eigenvalue weighted by Gasteiger charge is 2.46. The summed E-state index contributed by atoms with van der Waals surface area (Å²) in [6, 6.07) is 11.7. The number of hydrogen-bond donors (Lipinski definition) is 2. The van der Waals surface area contributed by atoms with Crippen molar-refractivity contribution in [3.8, 4) is 0 Å². The molecular formula is C26H31N3O5S2. The molecule has 1 heterocycles. The highest BCUT2D eigenvalue weighted by Crippen LogP contribution is 2.45. The number of amidine groups is 1. The molecule has 2 aliphatic rings. The number of aliphatic imine (C=N–C) groups is 1. The number of Topliss-reactive ketones (excluding diaryl/α,β-unsaturated/α-hetero) is 1. The standard InChI is InChI=1S/C26H31N3O5S2/c1-25(2,3)13-14-26(4)18-10-8-7-9-17(18)22(30)21(23(26)31)24-27-19-12-11-16(28-36(6,33)34)15-20(19)35(5,32)29-24/h7-12,15,28,30H,13-14H2,1-6H3. The first-order valence-corrected chi connectivity index (χ1v) is 15.3. The Kier molecular flexibility index (Phi) is 6.20. The number of sulfonamides is 1. The van der Waals surface area contributed by atoms with Crippen LogP contribution in [-0.2, 0) is 30.0 Å². The molecule has 10 heteroatoms. The number of aliphatic hydroxyl groups is 1. The molecule has 2 aromatic carbocycles. The minimum absolute atomic E-state index is 0.0112. The maximum Gasteiger partial charge on any atom is 0.229 e. The third kappa shape index (κ3) is 4.84. The average Bonchev–Trinajstić information content (AvgIpc) is 2.75. The normalized spacial score (nSPS) is 23.9. The number of fused-ring (bicyclic) bond motifs is 2. The largest absolute Gasteiger partial charge is 0.506 e. The number of benzene rings is 2. The van der Waals surface area contributed by atoms with Gasteiger partial charge in [-0.05, 0) is 48.9 Å². The first-order valence-electron chi connectivity index (χ1n) is 11.5. The van der Waals surface area contributed by atoms with E-state index in [1.54, 1.807) is 12.1 Å². The van der Waals surface area contributed by atoms with Crippen molar-refractivity contribution in [2.24, 2.45) is 14.8 Å². The Hall–Kier alpha value is -2.98. The molecule has 8 nitrogen and oxygen atoms in total. The van der Waals surface area contributed by atoms with Crippen molar-refractivity contribution < 1.29 is 22.5 Å². The van der Waals surface area contributed by atoms with Gasteiger partial charge in [-0.15, -0.1) is 0 Å². The molecule has 4 rings (SSSR count). The molecule has 0 bridgehead atoms. The zero-order chi connectivity index (χ0) is 26.7. The molecule has 0 spiro atoms. The zero-order valence-corrected chi connectivity index (χ0v) is 22.9. The smallest absolute Gasteiger partial charge is 0.229 e. The summed E-state index contributed by atoms with van der Waals surface area (Å²) in [5.41, 5.74) is 0.816. The van der Waals surface area contributed by atoms with Crippen molar-refractivity contribution in [1.82, 2.24) is 0 Å². The second-order valence-corrected chi connectivity index (χ2v) is 14.9. The molecule has 192 valence electrons. The first kappa shape index (κ1) is 26.1. The Labute approximate surface area is 212 Å². The summed E-state index contributed by atoms with van der Waals surface area (Å²) < 4.78 is 43.6. The Morgan fingerprint density at radius 3 is 2.44 bits per heavy atom. The van der Waals surface area contributed by atoms with Crippen LogP contribution < -0.4 is 4.72 Å². The second kappa shape index (κ2) is 8.55. The summed E-state index contributed by atoms with van der Waals surface area (Å²) in [7, 11) is -6.64. The van der Waals surface area contributed by atoms with Crippen LogP contribution in [0.4, 0.5) is 11.4 Å². The van der Waals surface area contributed by atoms with Crippen LogP contribution in [-0.4, -0.2) is 41.9 Å². The van der Waals surface area contributed by atoms with E-state index in [0.29, 0.717) is 17.7 Å². The molecular weight excluding hydrogens is 498 g/mol. The van der Waals surface area contributed by atoms with Crippen molar-refractivity contribution in [2.75, 3.05) is 17.2 Å². The van der Waals surface area contributed by atoms with E-state index in [4.69, 9.17) is 0 Å². The lowest BCUT2D eigenvalue weighted by molar-refractivity contribution is -0.120. The van der Waals surface area contributed by atoms with Crippen molar-refractivity contribution in [2.45, 2.75) is 50.8 Å². The molecule has 1 aliphatic heterocycles. The van der Waals surface area contributed by atoms with Crippen molar-refractivity contribution in [3.63, 3.8) is 0 Å². The summed E-state index contributed by atoms with van der Waals surface area (Å²) in [5.74, 6) is -0.641. The van der Waals surface area contributed by atoms with Gasteiger partial charge in [0.1, 0.15) is 11.3 Å². The molecule has 0 radical (unpaired) electrons. The van der Waals surface area contributed by atoms with Gasteiger partial charge in [-0.25, -0.2) is 17.6 Å². The number of aliphatic hydroxyl groups excluding tert-OH is 1. The SMILES string of the molecule is CC(C)(C)CCC1(C)C(=O)C(C2=Nc3ccc(NS(C)(=O)=O)cc3S(C)(=O)=N2)=C(O)c2ccccc21. The number of nitrogens with zero attached hydrogens (tertiary/aromatic N) is 2. The third-order valence-electron chi connectivity index (χ3n) is 6.50. The van der Waals surface area contributed by atoms with Crippen LogP contribution in [0.25, 0.3) is 5.76 Å². The molecule has 1 aliphatic carbocycles. The fourth-order valence-corrected chi connectivity index (χ4v) is 6.49. The van der Waals surface area contributed by atoms with Crippen LogP contribution in [0.3, 0.4) is 0 Å². The van der Waals surface area contributed by atoms with Gasteiger partial charge in [0.25, 0.3) is 0 Å². The molecule has 2 aromatic rings. The Balaban J connectivity index is 1.89. The quantitative estimate of drug-likeness (QED) is 0.551. The molecule has 2 N–H and O–H groups in total. The monoisotopic (exact) mass is 529 g/mol. The van der Waals surface area contributed by atoms with Crippen molar-refractivity contribution >= 4 is 48.5 Å². The number of rotatable bonds is 5. The number of carbonyl (C=O) groups excluding carboxylic acids is 1. The Bertz CT molecular complexity index is 1570. The number of hydrogen-bond acceptors (Lipinski definition) is 7. The summed E-state index contributed by atoms with van der Waals surface area (Å²) in [6.45, 7) is 8.21. The number of ketones is 1. The molecule has 0 aromatic heterocycles. The highest BCUT2D eigenvalue weighted by atomic mass is 32.2. The lowest BCUT2D eigenvalue weighted by Crippen LogP contribution is -2.41. The minimum atomic E-state index is -3.54. The molecule has 2 atom stereocenters. The molecule has 0 fully saturated rings. The van der Waals surface area contributed by atoms with Crippen molar-refractivity contribution in [1.29, 1.82) is 0 Å².